The Labute approximate surface area is 101 Å². The summed E-state index contributed by atoms with van der Waals surface area (Å²) >= 11 is 0. The molecule has 2 fully saturated rings. The summed E-state index contributed by atoms with van der Waals surface area (Å²) in [6.07, 6.45) is 12.8. The number of nitrogens with zero attached hydrogens (tertiary/aromatic N) is 1. The maximum atomic E-state index is 5.71. The van der Waals surface area contributed by atoms with Crippen LogP contribution < -0.4 is 5.73 Å². The third-order valence-corrected chi connectivity index (χ3v) is 4.55. The summed E-state index contributed by atoms with van der Waals surface area (Å²) in [5.74, 6) is 1.04. The van der Waals surface area contributed by atoms with Crippen LogP contribution in [0.1, 0.15) is 57.8 Å². The lowest BCUT2D eigenvalue weighted by atomic mass is 9.97. The van der Waals surface area contributed by atoms with Crippen molar-refractivity contribution < 1.29 is 0 Å². The van der Waals surface area contributed by atoms with Crippen molar-refractivity contribution in [3.8, 4) is 0 Å². The number of rotatable bonds is 5. The molecule has 1 aliphatic heterocycles. The zero-order chi connectivity index (χ0) is 11.2. The first kappa shape index (κ1) is 12.4. The molecule has 1 aliphatic carbocycles. The molecule has 0 aromatic heterocycles. The first-order valence-electron chi connectivity index (χ1n) is 7.34. The minimum absolute atomic E-state index is 0.806. The average molecular weight is 224 g/mol. The number of nitrogens with two attached hydrogens (primary N) is 1. The molecule has 0 spiro atoms. The van der Waals surface area contributed by atoms with Crippen LogP contribution in [0.4, 0.5) is 0 Å². The molecule has 1 heterocycles. The molecular weight excluding hydrogens is 196 g/mol. The van der Waals surface area contributed by atoms with Gasteiger partial charge >= 0.3 is 0 Å². The van der Waals surface area contributed by atoms with E-state index in [0.717, 1.165) is 18.5 Å². The molecule has 2 N–H and O–H groups in total. The Balaban J connectivity index is 1.72. The average Bonchev–Trinajstić information content (AvgIpc) is 2.81. The van der Waals surface area contributed by atoms with E-state index in [-0.39, 0.29) is 0 Å². The predicted octanol–water partition coefficient (Wildman–Crippen LogP) is 2.77. The van der Waals surface area contributed by atoms with E-state index in [9.17, 15) is 0 Å². The fraction of sp³-hybridized carbons (Fsp3) is 1.00. The van der Waals surface area contributed by atoms with Crippen molar-refractivity contribution in [1.29, 1.82) is 0 Å². The highest BCUT2D eigenvalue weighted by molar-refractivity contribution is 4.78. The molecule has 2 nitrogen and oxygen atoms in total. The van der Waals surface area contributed by atoms with E-state index in [1.54, 1.807) is 0 Å². The van der Waals surface area contributed by atoms with Crippen molar-refractivity contribution >= 4 is 0 Å². The van der Waals surface area contributed by atoms with Gasteiger partial charge in [0.25, 0.3) is 0 Å². The summed E-state index contributed by atoms with van der Waals surface area (Å²) in [6.45, 7) is 3.54. The van der Waals surface area contributed by atoms with E-state index in [2.05, 4.69) is 4.90 Å². The summed E-state index contributed by atoms with van der Waals surface area (Å²) in [5.41, 5.74) is 5.71. The number of likely N-dealkylation sites (tertiary alicyclic amines) is 1. The Morgan fingerprint density at radius 2 is 1.69 bits per heavy atom. The molecule has 2 aliphatic rings. The molecule has 16 heavy (non-hydrogen) atoms. The maximum absolute atomic E-state index is 5.71. The zero-order valence-corrected chi connectivity index (χ0v) is 10.7. The second-order valence-electron chi connectivity index (χ2n) is 5.70. The van der Waals surface area contributed by atoms with Crippen molar-refractivity contribution in [3.05, 3.63) is 0 Å². The standard InChI is InChI=1S/C14H28N2/c15-10-8-14-7-3-4-11-16(14)12-9-13-5-1-2-6-13/h13-14H,1-12,15H2. The van der Waals surface area contributed by atoms with Gasteiger partial charge < -0.3 is 10.6 Å². The molecular formula is C14H28N2. The Morgan fingerprint density at radius 1 is 0.938 bits per heavy atom. The predicted molar refractivity (Wildman–Crippen MR) is 69.5 cm³/mol. The van der Waals surface area contributed by atoms with Gasteiger partial charge in [0.15, 0.2) is 0 Å². The maximum Gasteiger partial charge on any atom is 0.0107 e. The molecule has 0 aromatic rings. The van der Waals surface area contributed by atoms with Gasteiger partial charge in [-0.3, -0.25) is 0 Å². The smallest absolute Gasteiger partial charge is 0.0107 e. The molecule has 94 valence electrons. The SMILES string of the molecule is NCCC1CCCCN1CCC1CCCC1. The van der Waals surface area contributed by atoms with Crippen LogP contribution in [-0.2, 0) is 0 Å². The summed E-state index contributed by atoms with van der Waals surface area (Å²) < 4.78 is 0. The van der Waals surface area contributed by atoms with Gasteiger partial charge in [-0.15, -0.1) is 0 Å². The lowest BCUT2D eigenvalue weighted by Crippen LogP contribution is -2.41. The molecule has 1 saturated heterocycles. The zero-order valence-electron chi connectivity index (χ0n) is 10.7. The Kier molecular flexibility index (Phi) is 5.11. The van der Waals surface area contributed by atoms with Crippen LogP contribution in [0, 0.1) is 5.92 Å². The van der Waals surface area contributed by atoms with Gasteiger partial charge in [0.2, 0.25) is 0 Å². The van der Waals surface area contributed by atoms with E-state index in [1.807, 2.05) is 0 Å². The summed E-state index contributed by atoms with van der Waals surface area (Å²) in [4.78, 5) is 2.73. The van der Waals surface area contributed by atoms with Crippen molar-refractivity contribution in [2.45, 2.75) is 63.8 Å². The lowest BCUT2D eigenvalue weighted by Gasteiger charge is -2.36. The van der Waals surface area contributed by atoms with Gasteiger partial charge in [-0.1, -0.05) is 32.1 Å². The Hall–Kier alpha value is -0.0800. The second kappa shape index (κ2) is 6.61. The Morgan fingerprint density at radius 3 is 2.44 bits per heavy atom. The van der Waals surface area contributed by atoms with E-state index >= 15 is 0 Å². The highest BCUT2D eigenvalue weighted by atomic mass is 15.2. The molecule has 0 aromatic carbocycles. The topological polar surface area (TPSA) is 29.3 Å². The Bertz CT molecular complexity index is 185. The number of hydrogen-bond donors (Lipinski definition) is 1. The van der Waals surface area contributed by atoms with E-state index < -0.39 is 0 Å². The van der Waals surface area contributed by atoms with Crippen molar-refractivity contribution in [1.82, 2.24) is 4.90 Å². The highest BCUT2D eigenvalue weighted by Crippen LogP contribution is 2.29. The van der Waals surface area contributed by atoms with Crippen LogP contribution in [0.2, 0.25) is 0 Å². The molecule has 1 atom stereocenters. The van der Waals surface area contributed by atoms with Crippen LogP contribution in [0.25, 0.3) is 0 Å². The molecule has 2 rings (SSSR count). The third kappa shape index (κ3) is 3.46. The van der Waals surface area contributed by atoms with Gasteiger partial charge in [-0.05, 0) is 51.2 Å². The lowest BCUT2D eigenvalue weighted by molar-refractivity contribution is 0.133. The van der Waals surface area contributed by atoms with Crippen molar-refractivity contribution in [3.63, 3.8) is 0 Å². The van der Waals surface area contributed by atoms with Crippen LogP contribution >= 0.6 is 0 Å². The molecule has 0 amide bonds. The van der Waals surface area contributed by atoms with Gasteiger partial charge in [0.1, 0.15) is 0 Å². The summed E-state index contributed by atoms with van der Waals surface area (Å²) in [5, 5.41) is 0. The van der Waals surface area contributed by atoms with Gasteiger partial charge in [0.05, 0.1) is 0 Å². The molecule has 0 radical (unpaired) electrons. The third-order valence-electron chi connectivity index (χ3n) is 4.55. The fourth-order valence-electron chi connectivity index (χ4n) is 3.52. The van der Waals surface area contributed by atoms with E-state index in [4.69, 9.17) is 5.73 Å². The van der Waals surface area contributed by atoms with Gasteiger partial charge in [0, 0.05) is 6.04 Å². The molecule has 0 bridgehead atoms. The molecule has 2 heteroatoms. The van der Waals surface area contributed by atoms with Crippen LogP contribution in [0.15, 0.2) is 0 Å². The minimum atomic E-state index is 0.806. The van der Waals surface area contributed by atoms with Crippen molar-refractivity contribution in [2.75, 3.05) is 19.6 Å². The summed E-state index contributed by atoms with van der Waals surface area (Å²) in [6, 6.07) is 0.806. The van der Waals surface area contributed by atoms with Crippen LogP contribution in [0.3, 0.4) is 0 Å². The van der Waals surface area contributed by atoms with Crippen LogP contribution in [0.5, 0.6) is 0 Å². The minimum Gasteiger partial charge on any atom is -0.330 e. The first-order valence-corrected chi connectivity index (χ1v) is 7.34. The molecule has 1 saturated carbocycles. The first-order chi connectivity index (χ1) is 7.90. The summed E-state index contributed by atoms with van der Waals surface area (Å²) in [7, 11) is 0. The molecule has 1 unspecified atom stereocenters. The largest absolute Gasteiger partial charge is 0.330 e. The number of piperidine rings is 1. The van der Waals surface area contributed by atoms with Gasteiger partial charge in [-0.25, -0.2) is 0 Å². The number of hydrogen-bond acceptors (Lipinski definition) is 2. The monoisotopic (exact) mass is 224 g/mol. The van der Waals surface area contributed by atoms with E-state index in [1.165, 1.54) is 70.9 Å². The normalized spacial score (nSPS) is 28.7. The van der Waals surface area contributed by atoms with E-state index in [0.29, 0.717) is 0 Å². The van der Waals surface area contributed by atoms with Crippen molar-refractivity contribution in [2.24, 2.45) is 11.7 Å². The fourth-order valence-corrected chi connectivity index (χ4v) is 3.52. The highest BCUT2D eigenvalue weighted by Gasteiger charge is 2.23. The second-order valence-corrected chi connectivity index (χ2v) is 5.70. The van der Waals surface area contributed by atoms with Gasteiger partial charge in [-0.2, -0.15) is 0 Å². The van der Waals surface area contributed by atoms with Crippen LogP contribution in [-0.4, -0.2) is 30.6 Å². The quantitative estimate of drug-likeness (QED) is 0.778.